The molecule has 0 radical (unpaired) electrons. The van der Waals surface area contributed by atoms with Crippen LogP contribution in [0.15, 0.2) is 88.8 Å². The summed E-state index contributed by atoms with van der Waals surface area (Å²) in [4.78, 5) is 86.9. The number of amides is 4. The molecule has 0 bridgehead atoms. The highest BCUT2D eigenvalue weighted by atomic mass is 32.2. The molecule has 3 fully saturated rings. The monoisotopic (exact) mass is 1080 g/mol. The van der Waals surface area contributed by atoms with E-state index < -0.39 is 35.4 Å². The van der Waals surface area contributed by atoms with Crippen molar-refractivity contribution in [1.29, 1.82) is 0 Å². The van der Waals surface area contributed by atoms with Gasteiger partial charge in [0, 0.05) is 87.3 Å². The Kier molecular flexibility index (Phi) is 18.7. The van der Waals surface area contributed by atoms with Crippen LogP contribution in [0, 0.1) is 12.3 Å². The number of carbonyl (C=O) groups is 4. The van der Waals surface area contributed by atoms with Crippen LogP contribution in [0.5, 0.6) is 0 Å². The Morgan fingerprint density at radius 3 is 2.28 bits per heavy atom. The van der Waals surface area contributed by atoms with Crippen LogP contribution < -0.4 is 31.5 Å². The normalized spacial score (nSPS) is 18.8. The van der Waals surface area contributed by atoms with Gasteiger partial charge in [0.15, 0.2) is 0 Å². The molecular formula is C54H71N13O7S2. The van der Waals surface area contributed by atoms with Gasteiger partial charge in [-0.3, -0.25) is 24.1 Å². The maximum atomic E-state index is 14.3. The number of aliphatic hydroxyl groups is 1. The summed E-state index contributed by atoms with van der Waals surface area (Å²) in [6.45, 7) is 17.8. The van der Waals surface area contributed by atoms with Crippen LogP contribution >= 0.6 is 23.1 Å². The Hall–Kier alpha value is -6.14. The highest BCUT2D eigenvalue weighted by Crippen LogP contribution is 2.32. The van der Waals surface area contributed by atoms with E-state index in [0.29, 0.717) is 37.9 Å². The molecule has 3 aromatic heterocycles. The van der Waals surface area contributed by atoms with Crippen molar-refractivity contribution < 1.29 is 33.8 Å². The lowest BCUT2D eigenvalue weighted by Gasteiger charge is -2.37. The van der Waals surface area contributed by atoms with Crippen LogP contribution in [-0.2, 0) is 23.9 Å². The molecule has 406 valence electrons. The van der Waals surface area contributed by atoms with E-state index in [1.54, 1.807) is 23.7 Å². The number of piperidine rings is 1. The number of likely N-dealkylation sites (tertiary alicyclic amines) is 1. The molecule has 0 spiro atoms. The number of aromatic nitrogens is 5. The number of nitrogens with one attached hydrogen (secondary N) is 3. The van der Waals surface area contributed by atoms with Crippen molar-refractivity contribution >= 4 is 64.2 Å². The summed E-state index contributed by atoms with van der Waals surface area (Å²) >= 11 is 3.05. The third-order valence-electron chi connectivity index (χ3n) is 13.9. The maximum absolute atomic E-state index is 14.3. The highest BCUT2D eigenvalue weighted by Gasteiger charge is 2.45. The summed E-state index contributed by atoms with van der Waals surface area (Å²) in [5, 5.41) is 20.3. The molecule has 2 aromatic carbocycles. The van der Waals surface area contributed by atoms with Crippen molar-refractivity contribution in [2.45, 2.75) is 100 Å². The average Bonchev–Trinajstić information content (AvgIpc) is 4.03. The van der Waals surface area contributed by atoms with Crippen molar-refractivity contribution in [2.75, 3.05) is 93.9 Å². The van der Waals surface area contributed by atoms with Gasteiger partial charge in [0.2, 0.25) is 23.7 Å². The number of thiazole rings is 1. The fourth-order valence-electron chi connectivity index (χ4n) is 9.31. The molecule has 76 heavy (non-hydrogen) atoms. The molecule has 4 atom stereocenters. The largest absolute Gasteiger partial charge is 0.391 e. The average molecular weight is 1080 g/mol. The lowest BCUT2D eigenvalue weighted by molar-refractivity contribution is -0.142. The lowest BCUT2D eigenvalue weighted by Crippen LogP contribution is -2.57. The van der Waals surface area contributed by atoms with Crippen LogP contribution in [0.25, 0.3) is 10.4 Å². The summed E-state index contributed by atoms with van der Waals surface area (Å²) < 4.78 is 11.4. The van der Waals surface area contributed by atoms with E-state index in [2.05, 4.69) is 62.5 Å². The second kappa shape index (κ2) is 25.3. The number of nitrogens with two attached hydrogens (primary N) is 1. The molecule has 8 rings (SSSR count). The fourth-order valence-corrected chi connectivity index (χ4v) is 10.9. The van der Waals surface area contributed by atoms with Crippen molar-refractivity contribution in [1.82, 2.24) is 45.4 Å². The van der Waals surface area contributed by atoms with Gasteiger partial charge in [-0.2, -0.15) is 0 Å². The molecule has 3 aliphatic heterocycles. The summed E-state index contributed by atoms with van der Waals surface area (Å²) in [6, 6.07) is 13.2. The molecule has 3 saturated heterocycles. The van der Waals surface area contributed by atoms with Crippen molar-refractivity contribution in [2.24, 2.45) is 11.1 Å². The van der Waals surface area contributed by atoms with E-state index in [4.69, 9.17) is 15.2 Å². The molecule has 4 amide bonds. The van der Waals surface area contributed by atoms with E-state index in [9.17, 15) is 24.3 Å². The number of hydrogen-bond acceptors (Lipinski definition) is 18. The zero-order chi connectivity index (χ0) is 54.0. The number of carbonyl (C=O) groups excluding carboxylic acids is 4. The quantitative estimate of drug-likeness (QED) is 0.0648. The minimum Gasteiger partial charge on any atom is -0.391 e. The summed E-state index contributed by atoms with van der Waals surface area (Å²) in [7, 11) is 0. The van der Waals surface area contributed by atoms with Gasteiger partial charge in [0.25, 0.3) is 5.91 Å². The Bertz CT molecular complexity index is 2740. The van der Waals surface area contributed by atoms with Gasteiger partial charge in [0.05, 0.1) is 66.0 Å². The Balaban J connectivity index is 0.713. The third-order valence-corrected chi connectivity index (χ3v) is 15.8. The minimum atomic E-state index is -1.02. The maximum Gasteiger partial charge on any atom is 0.255 e. The number of aryl methyl sites for hydroxylation is 1. The number of benzene rings is 2. The Morgan fingerprint density at radius 1 is 0.882 bits per heavy atom. The number of β-amino-alcohol motifs (C(OH)–C–C–N with tert-alkyl or cyclic N) is 1. The van der Waals surface area contributed by atoms with Crippen LogP contribution in [0.3, 0.4) is 0 Å². The first-order chi connectivity index (χ1) is 36.4. The predicted octanol–water partition coefficient (Wildman–Crippen LogP) is 4.94. The van der Waals surface area contributed by atoms with E-state index in [1.807, 2.05) is 88.7 Å². The molecule has 6 N–H and O–H groups in total. The molecule has 0 unspecified atom stereocenters. The van der Waals surface area contributed by atoms with Gasteiger partial charge < -0.3 is 51.0 Å². The summed E-state index contributed by atoms with van der Waals surface area (Å²) in [5.41, 5.74) is 11.0. The second-order valence-electron chi connectivity index (χ2n) is 21.1. The fraction of sp³-hybridized carbons (Fsp3) is 0.500. The van der Waals surface area contributed by atoms with Crippen LogP contribution in [-0.4, -0.2) is 166 Å². The molecular weight excluding hydrogens is 1010 g/mol. The summed E-state index contributed by atoms with van der Waals surface area (Å²) in [6.07, 6.45) is 7.50. The van der Waals surface area contributed by atoms with Crippen LogP contribution in [0.2, 0.25) is 0 Å². The van der Waals surface area contributed by atoms with Gasteiger partial charge in [-0.25, -0.2) is 24.9 Å². The van der Waals surface area contributed by atoms with Gasteiger partial charge in [-0.05, 0) is 68.4 Å². The molecule has 22 heteroatoms. The van der Waals surface area contributed by atoms with Gasteiger partial charge >= 0.3 is 0 Å². The third kappa shape index (κ3) is 15.1. The molecule has 20 nitrogen and oxygen atoms in total. The van der Waals surface area contributed by atoms with Crippen molar-refractivity contribution in [3.63, 3.8) is 0 Å². The topological polar surface area (TPSA) is 246 Å². The van der Waals surface area contributed by atoms with Gasteiger partial charge in [-0.15, -0.1) is 11.3 Å². The highest BCUT2D eigenvalue weighted by molar-refractivity contribution is 7.99. The number of ether oxygens (including phenoxy) is 2. The standard InChI is InChI=1S/C54H71N13O7S2/c1-35(37-10-12-38(13-11-37)47-36(2)60-34-75-47)61-50(71)43-27-41(68)32-67(43)51(72)48(53(3,4)5)63-49(70)39-28-58-52(59-29-39)66-20-18-64(19-21-66)22-23-73-24-25-74-33-45(69)62-40-8-7-9-42(26-40)76-46-31-56-44(30-57-46)65-16-14-54(6,55)15-17-65/h7-13,26,28-31,34-35,41,43,48,68H,14-25,27,32-33,55H2,1-6H3,(H,61,71)(H,62,69)(H,63,70)/t35-,41+,43-,48+/m0/s1. The number of anilines is 3. The van der Waals surface area contributed by atoms with Crippen LogP contribution in [0.4, 0.5) is 17.5 Å². The van der Waals surface area contributed by atoms with Gasteiger partial charge in [-0.1, -0.05) is 62.9 Å². The SMILES string of the molecule is Cc1ncsc1-c1ccc([C@H](C)NC(=O)[C@@H]2C[C@@H](O)CN2C(=O)[C@@H](NC(=O)c2cnc(N3CCN(CCOCCOCC(=O)Nc4cccc(Sc5cnc(N6CCC(C)(N)CC6)cn5)c4)CC3)nc2)C(C)(C)C)cc1. The molecule has 5 aromatic rings. The second-order valence-corrected chi connectivity index (χ2v) is 23.0. The lowest BCUT2D eigenvalue weighted by atomic mass is 9.85. The number of aliphatic hydroxyl groups excluding tert-OH is 1. The molecule has 3 aliphatic rings. The zero-order valence-corrected chi connectivity index (χ0v) is 45.9. The van der Waals surface area contributed by atoms with E-state index >= 15 is 0 Å². The number of hydrogen-bond donors (Lipinski definition) is 5. The van der Waals surface area contributed by atoms with E-state index in [0.717, 1.165) is 83.0 Å². The number of nitrogens with zero attached hydrogens (tertiary/aromatic N) is 9. The predicted molar refractivity (Wildman–Crippen MR) is 293 cm³/mol. The summed E-state index contributed by atoms with van der Waals surface area (Å²) in [5.74, 6) is -0.274. The smallest absolute Gasteiger partial charge is 0.255 e. The van der Waals surface area contributed by atoms with Crippen LogP contribution in [0.1, 0.15) is 81.5 Å². The van der Waals surface area contributed by atoms with Crippen molar-refractivity contribution in [3.05, 3.63) is 95.6 Å². The Labute approximate surface area is 453 Å². The minimum absolute atomic E-state index is 0.0344. The van der Waals surface area contributed by atoms with Crippen molar-refractivity contribution in [3.8, 4) is 10.4 Å². The Morgan fingerprint density at radius 2 is 1.61 bits per heavy atom. The zero-order valence-electron chi connectivity index (χ0n) is 44.2. The molecule has 0 saturated carbocycles. The first-order valence-corrected chi connectivity index (χ1v) is 27.6. The molecule has 6 heterocycles. The van der Waals surface area contributed by atoms with E-state index in [1.165, 1.54) is 29.1 Å². The van der Waals surface area contributed by atoms with Gasteiger partial charge in [0.1, 0.15) is 29.5 Å². The van der Waals surface area contributed by atoms with E-state index in [-0.39, 0.29) is 55.1 Å². The first-order valence-electron chi connectivity index (χ1n) is 25.9. The molecule has 0 aliphatic carbocycles. The first kappa shape index (κ1) is 56.1. The number of rotatable bonds is 20. The number of piperazine rings is 1.